The number of carbonyl (C=O) groups is 2. The highest BCUT2D eigenvalue weighted by Crippen LogP contribution is 2.63. The molecule has 14 nitrogen and oxygen atoms in total. The number of carbonyl (C=O) groups excluding carboxylic acids is 2. The van der Waals surface area contributed by atoms with E-state index in [0.29, 0.717) is 50.0 Å². The van der Waals surface area contributed by atoms with Gasteiger partial charge in [0.1, 0.15) is 35.6 Å². The fraction of sp³-hybridized carbons (Fsp3) is 0.690. The lowest BCUT2D eigenvalue weighted by molar-refractivity contribution is -0.166. The van der Waals surface area contributed by atoms with Crippen LogP contribution in [0.4, 0.5) is 0 Å². The lowest BCUT2D eigenvalue weighted by Crippen LogP contribution is -2.57. The van der Waals surface area contributed by atoms with Gasteiger partial charge in [-0.2, -0.15) is 0 Å². The second-order valence-electron chi connectivity index (χ2n) is 22.7. The number of methoxy groups -OCH3 is 2. The Labute approximate surface area is 425 Å². The summed E-state index contributed by atoms with van der Waals surface area (Å²) >= 11 is 0. The van der Waals surface area contributed by atoms with Crippen LogP contribution in [0.1, 0.15) is 81.1 Å². The predicted molar refractivity (Wildman–Crippen MR) is 268 cm³/mol. The van der Waals surface area contributed by atoms with E-state index in [1.165, 1.54) is 0 Å². The summed E-state index contributed by atoms with van der Waals surface area (Å²) in [6, 6.07) is 0. The number of aliphatic hydroxyl groups excluding tert-OH is 4. The maximum atomic E-state index is 12.9. The van der Waals surface area contributed by atoms with Gasteiger partial charge in [0.15, 0.2) is 0 Å². The molecule has 0 unspecified atom stereocenters. The van der Waals surface area contributed by atoms with E-state index in [4.69, 9.17) is 37.9 Å². The first-order valence-corrected chi connectivity index (χ1v) is 26.6. The van der Waals surface area contributed by atoms with Crippen molar-refractivity contribution in [1.82, 2.24) is 0 Å². The molecule has 10 rings (SSSR count). The van der Waals surface area contributed by atoms with Crippen molar-refractivity contribution in [2.24, 2.45) is 59.2 Å². The largest absolute Gasteiger partial charge is 0.456 e. The summed E-state index contributed by atoms with van der Waals surface area (Å²) in [7, 11) is 3.36. The van der Waals surface area contributed by atoms with Gasteiger partial charge in [0.25, 0.3) is 0 Å². The fourth-order valence-corrected chi connectivity index (χ4v) is 14.8. The predicted octanol–water partition coefficient (Wildman–Crippen LogP) is 6.24. The number of hydrogen-bond acceptors (Lipinski definition) is 14. The topological polar surface area (TPSA) is 189 Å². The van der Waals surface area contributed by atoms with Gasteiger partial charge in [-0.25, -0.2) is 9.59 Å². The van der Waals surface area contributed by atoms with Crippen molar-refractivity contribution in [1.29, 1.82) is 0 Å². The first-order chi connectivity index (χ1) is 34.4. The van der Waals surface area contributed by atoms with Gasteiger partial charge in [0.2, 0.25) is 0 Å². The number of rotatable bonds is 8. The zero-order chi connectivity index (χ0) is 51.6. The first-order valence-electron chi connectivity index (χ1n) is 26.6. The monoisotopic (exact) mass is 1000 g/mol. The van der Waals surface area contributed by atoms with Crippen LogP contribution in [-0.4, -0.2) is 144 Å². The van der Waals surface area contributed by atoms with Crippen LogP contribution in [0.25, 0.3) is 0 Å². The van der Waals surface area contributed by atoms with Gasteiger partial charge in [-0.1, -0.05) is 101 Å². The third-order valence-electron chi connectivity index (χ3n) is 18.4. The van der Waals surface area contributed by atoms with E-state index in [9.17, 15) is 30.0 Å². The molecule has 4 fully saturated rings. The molecule has 0 aromatic heterocycles. The molecule has 4 aliphatic heterocycles. The Bertz CT molecular complexity index is 2120. The average Bonchev–Trinajstić information content (AvgIpc) is 4.15. The van der Waals surface area contributed by atoms with Gasteiger partial charge in [0, 0.05) is 84.5 Å². The van der Waals surface area contributed by atoms with Crippen molar-refractivity contribution >= 4 is 11.9 Å². The summed E-state index contributed by atoms with van der Waals surface area (Å²) < 4.78 is 50.1. The number of hydrogen-bond donors (Lipinski definition) is 4. The minimum Gasteiger partial charge on any atom is -0.456 e. The Hall–Kier alpha value is -3.54. The minimum absolute atomic E-state index is 0.0399. The van der Waals surface area contributed by atoms with E-state index in [-0.39, 0.29) is 108 Å². The molecule has 24 atom stereocenters. The molecule has 2 saturated heterocycles. The Kier molecular flexibility index (Phi) is 15.7. The Balaban J connectivity index is 0.000000178. The second kappa shape index (κ2) is 21.2. The number of ether oxygens (including phenoxy) is 8. The van der Waals surface area contributed by atoms with Crippen molar-refractivity contribution < 1.29 is 67.9 Å². The van der Waals surface area contributed by atoms with E-state index in [2.05, 4.69) is 50.3 Å². The van der Waals surface area contributed by atoms with Gasteiger partial charge in [0.05, 0.1) is 62.0 Å². The highest BCUT2D eigenvalue weighted by molar-refractivity contribution is 5.90. The van der Waals surface area contributed by atoms with Gasteiger partial charge < -0.3 is 58.3 Å². The molecule has 396 valence electrons. The lowest BCUT2D eigenvalue weighted by Gasteiger charge is -2.49. The van der Waals surface area contributed by atoms with Crippen LogP contribution in [0.5, 0.6) is 0 Å². The van der Waals surface area contributed by atoms with E-state index in [1.807, 2.05) is 52.0 Å². The zero-order valence-electron chi connectivity index (χ0n) is 43.7. The smallest absolute Gasteiger partial charge is 0.334 e. The highest BCUT2D eigenvalue weighted by atomic mass is 16.6. The Morgan fingerprint density at radius 3 is 1.36 bits per heavy atom. The molecule has 2 saturated carbocycles. The third-order valence-corrected chi connectivity index (χ3v) is 18.4. The number of allylic oxidation sites excluding steroid dienone is 6. The van der Waals surface area contributed by atoms with E-state index >= 15 is 0 Å². The molecular formula is C58H80O14. The average molecular weight is 1000 g/mol. The molecule has 14 heteroatoms. The summed E-state index contributed by atoms with van der Waals surface area (Å²) in [6.45, 7) is 16.4. The zero-order valence-corrected chi connectivity index (χ0v) is 43.7. The van der Waals surface area contributed by atoms with Gasteiger partial charge in [-0.3, -0.25) is 0 Å². The van der Waals surface area contributed by atoms with Crippen molar-refractivity contribution in [3.8, 4) is 0 Å². The van der Waals surface area contributed by atoms with Crippen LogP contribution in [0, 0.1) is 59.2 Å². The second-order valence-corrected chi connectivity index (χ2v) is 22.7. The van der Waals surface area contributed by atoms with Crippen LogP contribution in [0.15, 0.2) is 95.2 Å². The highest BCUT2D eigenvalue weighted by Gasteiger charge is 2.70. The summed E-state index contributed by atoms with van der Waals surface area (Å²) in [6.07, 6.45) is 21.0. The third kappa shape index (κ3) is 9.15. The normalized spacial score (nSPS) is 48.0. The summed E-state index contributed by atoms with van der Waals surface area (Å²) in [5.41, 5.74) is 1.80. The molecule has 72 heavy (non-hydrogen) atoms. The van der Waals surface area contributed by atoms with Gasteiger partial charge in [-0.15, -0.1) is 0 Å². The molecular weight excluding hydrogens is 921 g/mol. The lowest BCUT2D eigenvalue weighted by atomic mass is 9.57. The molecule has 6 aliphatic carbocycles. The summed E-state index contributed by atoms with van der Waals surface area (Å²) in [5.74, 6) is -1.90. The van der Waals surface area contributed by atoms with Crippen LogP contribution < -0.4 is 0 Å². The standard InChI is InChI=1S/2C29H40O7/c2*1-15-12-16(2)29-20(13-21(33-5)14-34-25(15)18(4)30)10-11-22-23(29)24(31)17(3)26(27(22)36-29)35-28(32)19-8-6-7-9-19/h2*6-8,10-12,15,17-18,20-27,30-31H,9,13-14H2,1-5H3/b2*16-12+/t15-,17-,18-,20-,21+,22-,23+,24-,25+,26-,27-,29+;15-,17-,18-,20-,21+,22-,23+,24-,25-,26-,27-,29+/m11/s1. The molecule has 0 aromatic carbocycles. The Morgan fingerprint density at radius 1 is 0.639 bits per heavy atom. The molecule has 0 amide bonds. The molecule has 0 radical (unpaired) electrons. The van der Waals surface area contributed by atoms with Crippen LogP contribution in [0.3, 0.4) is 0 Å². The van der Waals surface area contributed by atoms with Crippen LogP contribution in [0.2, 0.25) is 0 Å². The van der Waals surface area contributed by atoms with Gasteiger partial charge in [-0.05, 0) is 64.5 Å². The molecule has 8 bridgehead atoms. The fourth-order valence-electron chi connectivity index (χ4n) is 14.8. The maximum Gasteiger partial charge on any atom is 0.334 e. The number of aliphatic hydroxyl groups is 4. The quantitative estimate of drug-likeness (QED) is 0.158. The van der Waals surface area contributed by atoms with Crippen molar-refractivity contribution in [3.05, 3.63) is 95.2 Å². The summed E-state index contributed by atoms with van der Waals surface area (Å²) in [5, 5.41) is 44.3. The van der Waals surface area contributed by atoms with E-state index < -0.39 is 47.8 Å². The molecule has 0 aromatic rings. The van der Waals surface area contributed by atoms with Crippen molar-refractivity contribution in [2.45, 2.75) is 166 Å². The van der Waals surface area contributed by atoms with Crippen LogP contribution >= 0.6 is 0 Å². The van der Waals surface area contributed by atoms with Crippen LogP contribution in [-0.2, 0) is 47.5 Å². The van der Waals surface area contributed by atoms with E-state index in [0.717, 1.165) is 11.1 Å². The SMILES string of the molecule is CO[C@@H]1CO[C@@H]([C@@H](C)O)[C@H](C)/C=C(\C)[C@]23O[C@@H]4[C@H](C=C[C@@H]2C1)[C@H]3[C@H](O)[C@@H](C)[C@H]4OC(=O)C1=CC=CC1.CO[C@@H]1CO[C@H]([C@@H](C)O)[C@H](C)/C=C(\C)[C@]23O[C@@H]4[C@H](C=C[C@@H]2C1)[C@H]3[C@H](O)[C@@H](C)[C@H]4OC(=O)C1=CC=CC1. The molecule has 10 aliphatic rings. The molecule has 4 N–H and O–H groups in total. The molecule has 2 spiro atoms. The van der Waals surface area contributed by atoms with E-state index in [1.54, 1.807) is 40.2 Å². The van der Waals surface area contributed by atoms with Crippen molar-refractivity contribution in [2.75, 3.05) is 27.4 Å². The number of esters is 2. The molecule has 4 heterocycles. The maximum absolute atomic E-state index is 12.9. The Morgan fingerprint density at radius 2 is 1.03 bits per heavy atom. The van der Waals surface area contributed by atoms with Gasteiger partial charge >= 0.3 is 11.9 Å². The first kappa shape index (κ1) is 53.3. The minimum atomic E-state index is -0.751. The summed E-state index contributed by atoms with van der Waals surface area (Å²) in [4.78, 5) is 25.9. The van der Waals surface area contributed by atoms with Crippen molar-refractivity contribution in [3.63, 3.8) is 0 Å².